The summed E-state index contributed by atoms with van der Waals surface area (Å²) >= 11 is 0. The molecule has 8 nitrogen and oxygen atoms in total. The Morgan fingerprint density at radius 3 is 2.35 bits per heavy atom. The Balaban J connectivity index is 2.75. The summed E-state index contributed by atoms with van der Waals surface area (Å²) in [6.07, 6.45) is 3.23. The van der Waals surface area contributed by atoms with E-state index in [1.807, 2.05) is 13.8 Å². The van der Waals surface area contributed by atoms with Crippen LogP contribution < -0.4 is 10.8 Å². The van der Waals surface area contributed by atoms with Gasteiger partial charge in [0.25, 0.3) is 0 Å². The number of ether oxygens (including phenoxy) is 1. The van der Waals surface area contributed by atoms with E-state index in [1.54, 1.807) is 10.4 Å². The molecule has 0 radical (unpaired) electrons. The molecule has 0 aromatic heterocycles. The summed E-state index contributed by atoms with van der Waals surface area (Å²) in [6, 6.07) is -0.633. The fourth-order valence-electron chi connectivity index (χ4n) is 3.00. The highest BCUT2D eigenvalue weighted by molar-refractivity contribution is 5.90. The van der Waals surface area contributed by atoms with E-state index in [0.29, 0.717) is 32.7 Å². The molecule has 0 saturated carbocycles. The van der Waals surface area contributed by atoms with Gasteiger partial charge in [0.15, 0.2) is 0 Å². The number of carbonyl (C=O) groups is 3. The predicted molar refractivity (Wildman–Crippen MR) is 96.3 cm³/mol. The molecule has 0 bridgehead atoms. The Morgan fingerprint density at radius 2 is 1.81 bits per heavy atom. The fraction of sp³-hybridized carbons (Fsp3) is 0.833. The lowest BCUT2D eigenvalue weighted by Crippen LogP contribution is -2.55. The first-order valence-electron chi connectivity index (χ1n) is 9.50. The molecule has 1 fully saturated rings. The molecule has 1 rings (SSSR count). The molecular formula is C18H33N3O5. The third-order valence-electron chi connectivity index (χ3n) is 4.64. The van der Waals surface area contributed by atoms with Crippen LogP contribution in [0.5, 0.6) is 0 Å². The number of nitrogens with zero attached hydrogens (tertiary/aromatic N) is 1. The molecule has 3 amide bonds. The van der Waals surface area contributed by atoms with Crippen LogP contribution in [0.3, 0.4) is 0 Å². The fourth-order valence-corrected chi connectivity index (χ4v) is 3.00. The predicted octanol–water partition coefficient (Wildman–Crippen LogP) is 1.08. The molecule has 1 aliphatic heterocycles. The summed E-state index contributed by atoms with van der Waals surface area (Å²) in [6.45, 7) is 7.87. The summed E-state index contributed by atoms with van der Waals surface area (Å²) in [4.78, 5) is 38.7. The summed E-state index contributed by atoms with van der Waals surface area (Å²) in [5.41, 5.74) is 1.58. The molecule has 1 saturated heterocycles. The van der Waals surface area contributed by atoms with Gasteiger partial charge in [0, 0.05) is 25.4 Å². The molecule has 0 aromatic carbocycles. The summed E-state index contributed by atoms with van der Waals surface area (Å²) in [5, 5.41) is 11.6. The molecule has 8 heteroatoms. The van der Waals surface area contributed by atoms with Crippen molar-refractivity contribution < 1.29 is 24.3 Å². The highest BCUT2D eigenvalue weighted by Gasteiger charge is 2.32. The van der Waals surface area contributed by atoms with Gasteiger partial charge in [0.1, 0.15) is 6.04 Å². The smallest absolute Gasteiger partial charge is 0.245 e. The Morgan fingerprint density at radius 1 is 1.15 bits per heavy atom. The van der Waals surface area contributed by atoms with E-state index in [4.69, 9.17) is 9.94 Å². The van der Waals surface area contributed by atoms with Crippen LogP contribution in [0.15, 0.2) is 0 Å². The van der Waals surface area contributed by atoms with Crippen LogP contribution in [-0.2, 0) is 19.1 Å². The highest BCUT2D eigenvalue weighted by atomic mass is 16.5. The van der Waals surface area contributed by atoms with E-state index in [1.165, 1.54) is 0 Å². The van der Waals surface area contributed by atoms with Gasteiger partial charge in [0.2, 0.25) is 17.7 Å². The zero-order chi connectivity index (χ0) is 19.5. The molecular weight excluding hydrogens is 338 g/mol. The van der Waals surface area contributed by atoms with Gasteiger partial charge in [-0.15, -0.1) is 0 Å². The maximum absolute atomic E-state index is 12.8. The van der Waals surface area contributed by atoms with Crippen LogP contribution in [-0.4, -0.2) is 60.2 Å². The number of hydroxylamine groups is 1. The van der Waals surface area contributed by atoms with Crippen molar-refractivity contribution in [1.29, 1.82) is 0 Å². The number of morpholine rings is 1. The Kier molecular flexibility index (Phi) is 10.2. The van der Waals surface area contributed by atoms with Gasteiger partial charge < -0.3 is 15.0 Å². The monoisotopic (exact) mass is 371 g/mol. The van der Waals surface area contributed by atoms with Crippen LogP contribution in [0.4, 0.5) is 0 Å². The quantitative estimate of drug-likeness (QED) is 0.302. The van der Waals surface area contributed by atoms with E-state index in [0.717, 1.165) is 19.3 Å². The van der Waals surface area contributed by atoms with Crippen molar-refractivity contribution in [1.82, 2.24) is 15.7 Å². The topological polar surface area (TPSA) is 108 Å². The molecule has 0 spiro atoms. The normalized spacial score (nSPS) is 16.9. The second kappa shape index (κ2) is 11.9. The molecule has 1 heterocycles. The minimum absolute atomic E-state index is 0.0720. The van der Waals surface area contributed by atoms with Crippen LogP contribution >= 0.6 is 0 Å². The number of hydrogen-bond donors (Lipinski definition) is 3. The molecule has 1 aliphatic rings. The standard InChI is InChI=1S/C18H33N3O5/c1-4-5-6-7-14(12-15(22)20-25)17(23)19-16(13(2)3)18(24)21-8-10-26-11-9-21/h13-14,16,25H,4-12H2,1-3H3,(H,19,23)(H,20,22)/t14-,16+/m1/s1. The van der Waals surface area contributed by atoms with Gasteiger partial charge in [-0.1, -0.05) is 40.0 Å². The second-order valence-corrected chi connectivity index (χ2v) is 7.10. The molecule has 0 aromatic rings. The molecule has 3 N–H and O–H groups in total. The van der Waals surface area contributed by atoms with Crippen LogP contribution in [0, 0.1) is 11.8 Å². The van der Waals surface area contributed by atoms with Gasteiger partial charge in [-0.2, -0.15) is 0 Å². The third kappa shape index (κ3) is 7.29. The van der Waals surface area contributed by atoms with Gasteiger partial charge in [-0.05, 0) is 12.3 Å². The lowest BCUT2D eigenvalue weighted by Gasteiger charge is -2.33. The Labute approximate surface area is 155 Å². The lowest BCUT2D eigenvalue weighted by atomic mass is 9.94. The zero-order valence-corrected chi connectivity index (χ0v) is 16.1. The summed E-state index contributed by atoms with van der Waals surface area (Å²) < 4.78 is 5.27. The average molecular weight is 371 g/mol. The largest absolute Gasteiger partial charge is 0.378 e. The van der Waals surface area contributed by atoms with Gasteiger partial charge in [-0.25, -0.2) is 5.48 Å². The maximum Gasteiger partial charge on any atom is 0.245 e. The number of hydrogen-bond acceptors (Lipinski definition) is 5. The van der Waals surface area contributed by atoms with E-state index in [2.05, 4.69) is 12.2 Å². The second-order valence-electron chi connectivity index (χ2n) is 7.10. The van der Waals surface area contributed by atoms with E-state index in [9.17, 15) is 14.4 Å². The van der Waals surface area contributed by atoms with E-state index in [-0.39, 0.29) is 24.2 Å². The molecule has 0 aliphatic carbocycles. The molecule has 26 heavy (non-hydrogen) atoms. The molecule has 2 atom stereocenters. The van der Waals surface area contributed by atoms with Crippen molar-refractivity contribution in [2.45, 2.75) is 58.9 Å². The number of carbonyl (C=O) groups excluding carboxylic acids is 3. The number of unbranched alkanes of at least 4 members (excludes halogenated alkanes) is 2. The first-order chi connectivity index (χ1) is 12.4. The van der Waals surface area contributed by atoms with Gasteiger partial charge in [0.05, 0.1) is 13.2 Å². The van der Waals surface area contributed by atoms with E-state index >= 15 is 0 Å². The van der Waals surface area contributed by atoms with Crippen molar-refractivity contribution in [2.24, 2.45) is 11.8 Å². The SMILES string of the molecule is CCCCC[C@H](CC(=O)NO)C(=O)N[C@H](C(=O)N1CCOCC1)C(C)C. The lowest BCUT2D eigenvalue weighted by molar-refractivity contribution is -0.142. The minimum Gasteiger partial charge on any atom is -0.378 e. The number of rotatable bonds is 10. The third-order valence-corrected chi connectivity index (χ3v) is 4.64. The van der Waals surface area contributed by atoms with Crippen LogP contribution in [0.2, 0.25) is 0 Å². The summed E-state index contributed by atoms with van der Waals surface area (Å²) in [5.74, 6) is -1.66. The van der Waals surface area contributed by atoms with Crippen molar-refractivity contribution in [2.75, 3.05) is 26.3 Å². The van der Waals surface area contributed by atoms with Crippen molar-refractivity contribution in [3.63, 3.8) is 0 Å². The highest BCUT2D eigenvalue weighted by Crippen LogP contribution is 2.16. The minimum atomic E-state index is -0.633. The Bertz CT molecular complexity index is 464. The van der Waals surface area contributed by atoms with Crippen molar-refractivity contribution in [3.8, 4) is 0 Å². The zero-order valence-electron chi connectivity index (χ0n) is 16.1. The Hall–Kier alpha value is -1.67. The van der Waals surface area contributed by atoms with Gasteiger partial charge in [-0.3, -0.25) is 19.6 Å². The van der Waals surface area contributed by atoms with Crippen molar-refractivity contribution >= 4 is 17.7 Å². The first-order valence-corrected chi connectivity index (χ1v) is 9.50. The molecule has 0 unspecified atom stereocenters. The number of amides is 3. The van der Waals surface area contributed by atoms with Crippen LogP contribution in [0.25, 0.3) is 0 Å². The van der Waals surface area contributed by atoms with Gasteiger partial charge >= 0.3 is 0 Å². The maximum atomic E-state index is 12.8. The first kappa shape index (κ1) is 22.4. The van der Waals surface area contributed by atoms with Crippen molar-refractivity contribution in [3.05, 3.63) is 0 Å². The van der Waals surface area contributed by atoms with Crippen LogP contribution in [0.1, 0.15) is 52.9 Å². The van der Waals surface area contributed by atoms with E-state index < -0.39 is 17.9 Å². The summed E-state index contributed by atoms with van der Waals surface area (Å²) in [7, 11) is 0. The molecule has 150 valence electrons. The number of nitrogens with one attached hydrogen (secondary N) is 2. The average Bonchev–Trinajstić information content (AvgIpc) is 2.64.